The molecule has 0 radical (unpaired) electrons. The standard InChI is InChI=1S/C11H16N2O2S2/c1-8(2)7-13-17(14,15)10-6-4-3-5-9(10)11(12)16/h3-6,8,13H,7H2,1-2H3,(H2,12,16). The molecule has 0 aliphatic rings. The first-order valence-electron chi connectivity index (χ1n) is 5.23. The lowest BCUT2D eigenvalue weighted by Crippen LogP contribution is -2.29. The minimum absolute atomic E-state index is 0.0792. The topological polar surface area (TPSA) is 72.2 Å². The van der Waals surface area contributed by atoms with Gasteiger partial charge in [-0.1, -0.05) is 44.3 Å². The van der Waals surface area contributed by atoms with E-state index in [1.165, 1.54) is 6.07 Å². The predicted molar refractivity (Wildman–Crippen MR) is 72.4 cm³/mol. The van der Waals surface area contributed by atoms with Gasteiger partial charge in [0.15, 0.2) is 0 Å². The zero-order chi connectivity index (χ0) is 13.1. The smallest absolute Gasteiger partial charge is 0.241 e. The molecule has 0 amide bonds. The van der Waals surface area contributed by atoms with Gasteiger partial charge in [0.25, 0.3) is 0 Å². The van der Waals surface area contributed by atoms with Gasteiger partial charge in [-0.15, -0.1) is 0 Å². The summed E-state index contributed by atoms with van der Waals surface area (Å²) in [6.45, 7) is 4.25. The summed E-state index contributed by atoms with van der Waals surface area (Å²) in [6, 6.07) is 6.45. The predicted octanol–water partition coefficient (Wildman–Crippen LogP) is 1.26. The number of nitrogens with two attached hydrogens (primary N) is 1. The van der Waals surface area contributed by atoms with E-state index in [-0.39, 0.29) is 15.8 Å². The van der Waals surface area contributed by atoms with E-state index in [4.69, 9.17) is 18.0 Å². The van der Waals surface area contributed by atoms with E-state index in [9.17, 15) is 8.42 Å². The Hall–Kier alpha value is -0.980. The highest BCUT2D eigenvalue weighted by atomic mass is 32.2. The lowest BCUT2D eigenvalue weighted by molar-refractivity contribution is 0.560. The average Bonchev–Trinajstić information content (AvgIpc) is 2.26. The van der Waals surface area contributed by atoms with Crippen molar-refractivity contribution >= 4 is 27.2 Å². The molecule has 3 N–H and O–H groups in total. The third-order valence-electron chi connectivity index (χ3n) is 2.12. The van der Waals surface area contributed by atoms with Crippen LogP contribution in [0.3, 0.4) is 0 Å². The first-order chi connectivity index (χ1) is 7.84. The molecule has 0 bridgehead atoms. The van der Waals surface area contributed by atoms with Crippen LogP contribution in [-0.2, 0) is 10.0 Å². The van der Waals surface area contributed by atoms with Crippen molar-refractivity contribution in [3.05, 3.63) is 29.8 Å². The number of hydrogen-bond donors (Lipinski definition) is 2. The second-order valence-electron chi connectivity index (χ2n) is 4.11. The molecular weight excluding hydrogens is 256 g/mol. The maximum absolute atomic E-state index is 12.0. The maximum atomic E-state index is 12.0. The second kappa shape index (κ2) is 5.57. The number of benzene rings is 1. The minimum Gasteiger partial charge on any atom is -0.389 e. The molecule has 94 valence electrons. The van der Waals surface area contributed by atoms with Gasteiger partial charge < -0.3 is 5.73 Å². The molecule has 1 rings (SSSR count). The summed E-state index contributed by atoms with van der Waals surface area (Å²) in [5, 5.41) is 0. The molecule has 0 aliphatic carbocycles. The summed E-state index contributed by atoms with van der Waals surface area (Å²) >= 11 is 4.84. The normalized spacial score (nSPS) is 11.7. The fourth-order valence-corrected chi connectivity index (χ4v) is 2.93. The molecule has 0 fully saturated rings. The third kappa shape index (κ3) is 3.76. The van der Waals surface area contributed by atoms with E-state index in [1.807, 2.05) is 13.8 Å². The molecule has 1 aromatic rings. The number of thiocarbonyl (C=S) groups is 1. The molecule has 0 saturated carbocycles. The summed E-state index contributed by atoms with van der Waals surface area (Å²) in [4.78, 5) is 0.212. The van der Waals surface area contributed by atoms with Gasteiger partial charge in [-0.05, 0) is 12.0 Å². The van der Waals surface area contributed by atoms with Crippen molar-refractivity contribution in [2.24, 2.45) is 11.7 Å². The van der Waals surface area contributed by atoms with E-state index in [2.05, 4.69) is 4.72 Å². The van der Waals surface area contributed by atoms with E-state index in [1.54, 1.807) is 18.2 Å². The Morgan fingerprint density at radius 3 is 2.53 bits per heavy atom. The van der Waals surface area contributed by atoms with Crippen LogP contribution in [0.4, 0.5) is 0 Å². The van der Waals surface area contributed by atoms with Gasteiger partial charge in [0.2, 0.25) is 10.0 Å². The summed E-state index contributed by atoms with van der Waals surface area (Å²) in [7, 11) is -3.55. The van der Waals surface area contributed by atoms with Crippen LogP contribution in [0.15, 0.2) is 29.2 Å². The molecule has 0 unspecified atom stereocenters. The van der Waals surface area contributed by atoms with Gasteiger partial charge in [-0.3, -0.25) is 0 Å². The number of sulfonamides is 1. The summed E-state index contributed by atoms with van der Waals surface area (Å²) in [5.74, 6) is 0.238. The fourth-order valence-electron chi connectivity index (χ4n) is 1.26. The van der Waals surface area contributed by atoms with Crippen LogP contribution in [0.5, 0.6) is 0 Å². The van der Waals surface area contributed by atoms with Gasteiger partial charge >= 0.3 is 0 Å². The van der Waals surface area contributed by atoms with E-state index in [0.717, 1.165) is 0 Å². The number of hydrogen-bond acceptors (Lipinski definition) is 3. The van der Waals surface area contributed by atoms with Gasteiger partial charge in [0.05, 0.1) is 4.90 Å². The maximum Gasteiger partial charge on any atom is 0.241 e. The Morgan fingerprint density at radius 1 is 1.41 bits per heavy atom. The molecule has 0 aliphatic heterocycles. The van der Waals surface area contributed by atoms with Crippen LogP contribution >= 0.6 is 12.2 Å². The molecular formula is C11H16N2O2S2. The summed E-state index contributed by atoms with van der Waals surface area (Å²) in [5.41, 5.74) is 5.88. The first-order valence-corrected chi connectivity index (χ1v) is 7.12. The zero-order valence-electron chi connectivity index (χ0n) is 9.80. The third-order valence-corrected chi connectivity index (χ3v) is 3.83. The second-order valence-corrected chi connectivity index (χ2v) is 6.28. The molecule has 6 heteroatoms. The molecule has 4 nitrogen and oxygen atoms in total. The van der Waals surface area contributed by atoms with Crippen molar-refractivity contribution in [2.45, 2.75) is 18.7 Å². The van der Waals surface area contributed by atoms with Crippen molar-refractivity contribution in [1.82, 2.24) is 4.72 Å². The van der Waals surface area contributed by atoms with Crippen molar-refractivity contribution in [3.63, 3.8) is 0 Å². The van der Waals surface area contributed by atoms with E-state index >= 15 is 0 Å². The number of rotatable bonds is 5. The average molecular weight is 272 g/mol. The van der Waals surface area contributed by atoms with Gasteiger partial charge in [-0.2, -0.15) is 0 Å². The van der Waals surface area contributed by atoms with Crippen molar-refractivity contribution in [1.29, 1.82) is 0 Å². The summed E-state index contributed by atoms with van der Waals surface area (Å²) < 4.78 is 26.6. The van der Waals surface area contributed by atoms with Crippen molar-refractivity contribution in [3.8, 4) is 0 Å². The first kappa shape index (κ1) is 14.1. The van der Waals surface area contributed by atoms with E-state index in [0.29, 0.717) is 12.1 Å². The monoisotopic (exact) mass is 272 g/mol. The van der Waals surface area contributed by atoms with Gasteiger partial charge in [0.1, 0.15) is 4.99 Å². The Kier molecular flexibility index (Phi) is 4.62. The highest BCUT2D eigenvalue weighted by molar-refractivity contribution is 7.89. The van der Waals surface area contributed by atoms with Crippen molar-refractivity contribution < 1.29 is 8.42 Å². The van der Waals surface area contributed by atoms with Crippen LogP contribution in [0.25, 0.3) is 0 Å². The Bertz CT molecular complexity index is 510. The molecule has 0 spiro atoms. The fraction of sp³-hybridized carbons (Fsp3) is 0.364. The quantitative estimate of drug-likeness (QED) is 0.791. The molecule has 0 saturated heterocycles. The highest BCUT2D eigenvalue weighted by Crippen LogP contribution is 2.15. The lowest BCUT2D eigenvalue weighted by atomic mass is 10.2. The SMILES string of the molecule is CC(C)CNS(=O)(=O)c1ccccc1C(N)=S. The number of nitrogens with one attached hydrogen (secondary N) is 1. The molecule has 1 aromatic carbocycles. The van der Waals surface area contributed by atoms with Crippen LogP contribution in [0.2, 0.25) is 0 Å². The zero-order valence-corrected chi connectivity index (χ0v) is 11.4. The minimum atomic E-state index is -3.55. The Labute approximate surface area is 107 Å². The largest absolute Gasteiger partial charge is 0.389 e. The van der Waals surface area contributed by atoms with Gasteiger partial charge in [-0.25, -0.2) is 13.1 Å². The highest BCUT2D eigenvalue weighted by Gasteiger charge is 2.19. The van der Waals surface area contributed by atoms with Crippen LogP contribution < -0.4 is 10.5 Å². The summed E-state index contributed by atoms with van der Waals surface area (Å²) in [6.07, 6.45) is 0. The van der Waals surface area contributed by atoms with Crippen LogP contribution in [-0.4, -0.2) is 20.0 Å². The van der Waals surface area contributed by atoms with Crippen molar-refractivity contribution in [2.75, 3.05) is 6.54 Å². The molecule has 0 atom stereocenters. The molecule has 17 heavy (non-hydrogen) atoms. The Morgan fingerprint density at radius 2 is 2.00 bits per heavy atom. The van der Waals surface area contributed by atoms with Gasteiger partial charge in [0, 0.05) is 12.1 Å². The van der Waals surface area contributed by atoms with Crippen LogP contribution in [0, 0.1) is 5.92 Å². The van der Waals surface area contributed by atoms with E-state index < -0.39 is 10.0 Å². The molecule has 0 aromatic heterocycles. The lowest BCUT2D eigenvalue weighted by Gasteiger charge is -2.11. The molecule has 0 heterocycles. The Balaban J connectivity index is 3.11. The van der Waals surface area contributed by atoms with Crippen LogP contribution in [0.1, 0.15) is 19.4 Å².